The van der Waals surface area contributed by atoms with Gasteiger partial charge in [0.2, 0.25) is 0 Å². The van der Waals surface area contributed by atoms with Gasteiger partial charge in [-0.1, -0.05) is 0 Å². The molecule has 0 saturated carbocycles. The number of benzene rings is 1. The van der Waals surface area contributed by atoms with Crippen molar-refractivity contribution in [2.24, 2.45) is 0 Å². The summed E-state index contributed by atoms with van der Waals surface area (Å²) in [6, 6.07) is 6.67. The normalized spacial score (nSPS) is 8.11. The lowest BCUT2D eigenvalue weighted by Gasteiger charge is -1.88. The summed E-state index contributed by atoms with van der Waals surface area (Å²) >= 11 is 4.02. The molecule has 0 heterocycles. The average Bonchev–Trinajstić information content (AvgIpc) is 1.77. The summed E-state index contributed by atoms with van der Waals surface area (Å²) in [5, 5.41) is 8.72. The lowest BCUT2D eigenvalue weighted by molar-refractivity contribution is 0.475. The van der Waals surface area contributed by atoms with Crippen molar-refractivity contribution in [1.29, 1.82) is 0 Å². The van der Waals surface area contributed by atoms with Crippen molar-refractivity contribution in [3.63, 3.8) is 0 Å². The third kappa shape index (κ3) is 2.39. The van der Waals surface area contributed by atoms with Gasteiger partial charge in [-0.3, -0.25) is 0 Å². The number of aromatic hydroxyl groups is 1. The molecule has 0 unspecified atom stereocenters. The van der Waals surface area contributed by atoms with Gasteiger partial charge in [0.15, 0.2) is 0 Å². The highest BCUT2D eigenvalue weighted by molar-refractivity contribution is 7.80. The van der Waals surface area contributed by atoms with Gasteiger partial charge < -0.3 is 10.6 Å². The summed E-state index contributed by atoms with van der Waals surface area (Å²) in [5.74, 6) is 0.280. The molecule has 0 radical (unpaired) electrons. The average molecular weight is 144 g/mol. The third-order valence-corrected chi connectivity index (χ3v) is 1.15. The van der Waals surface area contributed by atoms with Crippen LogP contribution in [0, 0.1) is 0 Å². The molecule has 2 nitrogen and oxygen atoms in total. The van der Waals surface area contributed by atoms with Crippen LogP contribution in [0.5, 0.6) is 5.75 Å². The van der Waals surface area contributed by atoms with Crippen molar-refractivity contribution in [1.82, 2.24) is 0 Å². The molecule has 0 bridgehead atoms. The van der Waals surface area contributed by atoms with Crippen LogP contribution in [-0.4, -0.2) is 10.6 Å². The van der Waals surface area contributed by atoms with E-state index in [1.165, 1.54) is 0 Å². The molecule has 3 N–H and O–H groups in total. The van der Waals surface area contributed by atoms with Gasteiger partial charge in [-0.05, 0) is 24.3 Å². The van der Waals surface area contributed by atoms with Crippen LogP contribution >= 0.6 is 12.6 Å². The zero-order valence-corrected chi connectivity index (χ0v) is 5.60. The van der Waals surface area contributed by atoms with Crippen LogP contribution in [0.3, 0.4) is 0 Å². The Bertz CT molecular complexity index is 150. The molecular formula is C6H8O2S. The Hall–Kier alpha value is -0.670. The Balaban J connectivity index is 0.000000640. The fraction of sp³-hybridized carbons (Fsp3) is 0. The van der Waals surface area contributed by atoms with E-state index in [4.69, 9.17) is 5.11 Å². The maximum atomic E-state index is 8.72. The summed E-state index contributed by atoms with van der Waals surface area (Å²) in [5.41, 5.74) is 0. The second kappa shape index (κ2) is 3.37. The van der Waals surface area contributed by atoms with E-state index in [2.05, 4.69) is 12.6 Å². The van der Waals surface area contributed by atoms with E-state index in [1.807, 2.05) is 0 Å². The topological polar surface area (TPSA) is 51.7 Å². The molecule has 3 heteroatoms. The second-order valence-corrected chi connectivity index (χ2v) is 2.03. The standard InChI is InChI=1S/C6H6OS.H2O/c7-5-1-3-6(8)4-2-5;/h1-4,7-8H;1H2. The highest BCUT2D eigenvalue weighted by Crippen LogP contribution is 2.11. The molecule has 1 aromatic carbocycles. The minimum atomic E-state index is 0. The zero-order valence-electron chi connectivity index (χ0n) is 4.70. The second-order valence-electron chi connectivity index (χ2n) is 1.52. The summed E-state index contributed by atoms with van der Waals surface area (Å²) in [6.07, 6.45) is 0. The number of thiol groups is 1. The Morgan fingerprint density at radius 1 is 1.11 bits per heavy atom. The number of hydrogen-bond donors (Lipinski definition) is 2. The Labute approximate surface area is 58.9 Å². The highest BCUT2D eigenvalue weighted by Gasteiger charge is 1.82. The zero-order chi connectivity index (χ0) is 5.98. The van der Waals surface area contributed by atoms with Gasteiger partial charge >= 0.3 is 0 Å². The first-order valence-electron chi connectivity index (χ1n) is 2.27. The maximum absolute atomic E-state index is 8.72. The van der Waals surface area contributed by atoms with Crippen molar-refractivity contribution in [2.75, 3.05) is 0 Å². The van der Waals surface area contributed by atoms with Crippen molar-refractivity contribution in [3.05, 3.63) is 24.3 Å². The SMILES string of the molecule is O.Oc1ccc(S)cc1. The van der Waals surface area contributed by atoms with Crippen molar-refractivity contribution >= 4 is 12.6 Å². The predicted molar refractivity (Wildman–Crippen MR) is 39.0 cm³/mol. The lowest BCUT2D eigenvalue weighted by Crippen LogP contribution is -1.62. The summed E-state index contributed by atoms with van der Waals surface area (Å²) in [6.45, 7) is 0. The van der Waals surface area contributed by atoms with E-state index in [0.717, 1.165) is 4.90 Å². The van der Waals surface area contributed by atoms with Gasteiger partial charge in [0.25, 0.3) is 0 Å². The molecule has 0 aliphatic carbocycles. The smallest absolute Gasteiger partial charge is 0.115 e. The van der Waals surface area contributed by atoms with E-state index in [-0.39, 0.29) is 11.2 Å². The van der Waals surface area contributed by atoms with Gasteiger partial charge in [0.05, 0.1) is 0 Å². The van der Waals surface area contributed by atoms with E-state index in [0.29, 0.717) is 0 Å². The van der Waals surface area contributed by atoms with Crippen molar-refractivity contribution < 1.29 is 10.6 Å². The molecule has 0 saturated heterocycles. The van der Waals surface area contributed by atoms with Gasteiger partial charge in [0.1, 0.15) is 5.75 Å². The van der Waals surface area contributed by atoms with Gasteiger partial charge in [-0.2, -0.15) is 0 Å². The first-order valence-corrected chi connectivity index (χ1v) is 2.72. The third-order valence-electron chi connectivity index (χ3n) is 0.850. The number of phenols is 1. The van der Waals surface area contributed by atoms with Crippen LogP contribution in [0.25, 0.3) is 0 Å². The van der Waals surface area contributed by atoms with Crippen molar-refractivity contribution in [2.45, 2.75) is 4.90 Å². The molecule has 1 rings (SSSR count). The van der Waals surface area contributed by atoms with Gasteiger partial charge in [-0.25, -0.2) is 0 Å². The van der Waals surface area contributed by atoms with Crippen LogP contribution in [0.15, 0.2) is 29.2 Å². The minimum Gasteiger partial charge on any atom is -0.508 e. The molecule has 0 fully saturated rings. The van der Waals surface area contributed by atoms with E-state index >= 15 is 0 Å². The molecule has 0 aromatic heterocycles. The Kier molecular flexibility index (Phi) is 3.12. The first-order chi connectivity index (χ1) is 3.79. The summed E-state index contributed by atoms with van der Waals surface area (Å²) < 4.78 is 0. The van der Waals surface area contributed by atoms with Gasteiger partial charge in [0, 0.05) is 4.90 Å². The monoisotopic (exact) mass is 144 g/mol. The largest absolute Gasteiger partial charge is 0.508 e. The Morgan fingerprint density at radius 2 is 1.56 bits per heavy atom. The molecule has 50 valence electrons. The molecule has 0 atom stereocenters. The number of hydrogen-bond acceptors (Lipinski definition) is 2. The van der Waals surface area contributed by atoms with E-state index in [1.54, 1.807) is 24.3 Å². The Morgan fingerprint density at radius 3 is 1.89 bits per heavy atom. The maximum Gasteiger partial charge on any atom is 0.115 e. The molecule has 1 aromatic rings. The van der Waals surface area contributed by atoms with Crippen LogP contribution in [0.2, 0.25) is 0 Å². The van der Waals surface area contributed by atoms with Crippen LogP contribution in [0.1, 0.15) is 0 Å². The minimum absolute atomic E-state index is 0. The molecule has 0 spiro atoms. The molecular weight excluding hydrogens is 136 g/mol. The first kappa shape index (κ1) is 8.33. The summed E-state index contributed by atoms with van der Waals surface area (Å²) in [4.78, 5) is 0.864. The molecule has 0 amide bonds. The van der Waals surface area contributed by atoms with Crippen molar-refractivity contribution in [3.8, 4) is 5.75 Å². The van der Waals surface area contributed by atoms with E-state index in [9.17, 15) is 0 Å². The van der Waals surface area contributed by atoms with E-state index < -0.39 is 0 Å². The molecule has 0 aliphatic heterocycles. The summed E-state index contributed by atoms with van der Waals surface area (Å²) in [7, 11) is 0. The van der Waals surface area contributed by atoms with Crippen LogP contribution in [0.4, 0.5) is 0 Å². The van der Waals surface area contributed by atoms with Crippen LogP contribution in [-0.2, 0) is 0 Å². The fourth-order valence-corrected chi connectivity index (χ4v) is 0.602. The van der Waals surface area contributed by atoms with Crippen LogP contribution < -0.4 is 0 Å². The predicted octanol–water partition coefficient (Wildman–Crippen LogP) is 0.856. The molecule has 0 aliphatic rings. The molecule has 9 heavy (non-hydrogen) atoms. The quantitative estimate of drug-likeness (QED) is 0.521. The fourth-order valence-electron chi connectivity index (χ4n) is 0.453. The number of rotatable bonds is 0. The van der Waals surface area contributed by atoms with Gasteiger partial charge in [-0.15, -0.1) is 12.6 Å². The lowest BCUT2D eigenvalue weighted by atomic mass is 10.3. The highest BCUT2D eigenvalue weighted by atomic mass is 32.1. The number of phenolic OH excluding ortho intramolecular Hbond substituents is 1.